The molecule has 18 heavy (non-hydrogen) atoms. The second kappa shape index (κ2) is 5.31. The highest BCUT2D eigenvalue weighted by atomic mass is 19.1. The van der Waals surface area contributed by atoms with Crippen LogP contribution in [0.1, 0.15) is 35.9 Å². The summed E-state index contributed by atoms with van der Waals surface area (Å²) in [6.45, 7) is 6.32. The number of oxazole rings is 1. The van der Waals surface area contributed by atoms with E-state index in [4.69, 9.17) is 4.42 Å². The largest absolute Gasteiger partial charge is 0.444 e. The fourth-order valence-electron chi connectivity index (χ4n) is 1.75. The summed E-state index contributed by atoms with van der Waals surface area (Å²) >= 11 is 0. The number of rotatable bonds is 4. The van der Waals surface area contributed by atoms with E-state index in [0.29, 0.717) is 12.4 Å². The van der Waals surface area contributed by atoms with Gasteiger partial charge in [-0.05, 0) is 38.5 Å². The number of aromatic nitrogens is 1. The predicted octanol–water partition coefficient (Wildman–Crippen LogP) is 3.28. The van der Waals surface area contributed by atoms with Gasteiger partial charge in [0.1, 0.15) is 11.6 Å². The lowest BCUT2D eigenvalue weighted by molar-refractivity contribution is 0.431. The Hall–Kier alpha value is -1.68. The molecule has 0 saturated heterocycles. The summed E-state index contributed by atoms with van der Waals surface area (Å²) in [6, 6.07) is 6.63. The summed E-state index contributed by atoms with van der Waals surface area (Å²) in [6.07, 6.45) is 0. The molecule has 1 aromatic heterocycles. The van der Waals surface area contributed by atoms with Crippen molar-refractivity contribution in [1.29, 1.82) is 0 Å². The van der Waals surface area contributed by atoms with Crippen LogP contribution in [0.25, 0.3) is 0 Å². The molecule has 0 amide bonds. The lowest BCUT2D eigenvalue weighted by Gasteiger charge is -2.12. The van der Waals surface area contributed by atoms with E-state index in [0.717, 1.165) is 17.0 Å². The predicted molar refractivity (Wildman–Crippen MR) is 67.6 cm³/mol. The van der Waals surface area contributed by atoms with Crippen LogP contribution in [0.5, 0.6) is 0 Å². The first-order valence-electron chi connectivity index (χ1n) is 5.98. The third kappa shape index (κ3) is 2.96. The van der Waals surface area contributed by atoms with Crippen LogP contribution in [-0.2, 0) is 6.54 Å². The van der Waals surface area contributed by atoms with Crippen molar-refractivity contribution in [3.8, 4) is 0 Å². The Morgan fingerprint density at radius 2 is 2.17 bits per heavy atom. The van der Waals surface area contributed by atoms with Gasteiger partial charge in [0.05, 0.1) is 12.2 Å². The fourth-order valence-corrected chi connectivity index (χ4v) is 1.75. The molecule has 0 aliphatic carbocycles. The molecule has 1 unspecified atom stereocenters. The normalized spacial score (nSPS) is 12.7. The lowest BCUT2D eigenvalue weighted by atomic mass is 10.1. The number of nitrogens with one attached hydrogen (secondary N) is 1. The van der Waals surface area contributed by atoms with Crippen molar-refractivity contribution in [2.24, 2.45) is 0 Å². The summed E-state index contributed by atoms with van der Waals surface area (Å²) in [4.78, 5) is 4.29. The van der Waals surface area contributed by atoms with E-state index >= 15 is 0 Å². The summed E-state index contributed by atoms with van der Waals surface area (Å²) in [7, 11) is 0. The van der Waals surface area contributed by atoms with Crippen LogP contribution in [0.2, 0.25) is 0 Å². The fraction of sp³-hybridized carbons (Fsp3) is 0.357. The average molecular weight is 248 g/mol. The minimum atomic E-state index is -0.219. The third-order valence-electron chi connectivity index (χ3n) is 2.98. The molecule has 0 aliphatic heterocycles. The molecule has 0 bridgehead atoms. The second-order valence-electron chi connectivity index (χ2n) is 4.41. The van der Waals surface area contributed by atoms with Gasteiger partial charge < -0.3 is 9.73 Å². The second-order valence-corrected chi connectivity index (χ2v) is 4.41. The van der Waals surface area contributed by atoms with Gasteiger partial charge in [0.15, 0.2) is 0 Å². The minimum absolute atomic E-state index is 0.0493. The summed E-state index contributed by atoms with van der Waals surface area (Å²) < 4.78 is 18.6. The van der Waals surface area contributed by atoms with Crippen molar-refractivity contribution in [3.63, 3.8) is 0 Å². The highest BCUT2D eigenvalue weighted by molar-refractivity contribution is 5.19. The molecular formula is C14H17FN2O. The highest BCUT2D eigenvalue weighted by Crippen LogP contribution is 2.15. The van der Waals surface area contributed by atoms with Gasteiger partial charge in [0.2, 0.25) is 5.89 Å². The maximum atomic E-state index is 13.1. The molecule has 0 spiro atoms. The van der Waals surface area contributed by atoms with Gasteiger partial charge >= 0.3 is 0 Å². The SMILES string of the molecule is Cc1nc(CNC(C)c2cccc(F)c2)oc1C. The maximum absolute atomic E-state index is 13.1. The first-order valence-corrected chi connectivity index (χ1v) is 5.98. The van der Waals surface area contributed by atoms with Crippen LogP contribution in [-0.4, -0.2) is 4.98 Å². The Kier molecular flexibility index (Phi) is 3.77. The molecular weight excluding hydrogens is 231 g/mol. The smallest absolute Gasteiger partial charge is 0.208 e. The van der Waals surface area contributed by atoms with Crippen LogP contribution in [0, 0.1) is 19.7 Å². The van der Waals surface area contributed by atoms with Crippen molar-refractivity contribution < 1.29 is 8.81 Å². The van der Waals surface area contributed by atoms with Gasteiger partial charge in [-0.2, -0.15) is 0 Å². The van der Waals surface area contributed by atoms with E-state index in [9.17, 15) is 4.39 Å². The summed E-state index contributed by atoms with van der Waals surface area (Å²) in [5, 5.41) is 3.26. The number of hydrogen-bond donors (Lipinski definition) is 1. The zero-order valence-electron chi connectivity index (χ0n) is 10.8. The Bertz CT molecular complexity index is 517. The summed E-state index contributed by atoms with van der Waals surface area (Å²) in [5.41, 5.74) is 1.82. The monoisotopic (exact) mass is 248 g/mol. The van der Waals surface area contributed by atoms with E-state index in [1.54, 1.807) is 6.07 Å². The van der Waals surface area contributed by atoms with Crippen molar-refractivity contribution in [1.82, 2.24) is 10.3 Å². The van der Waals surface area contributed by atoms with Gasteiger partial charge in [-0.1, -0.05) is 12.1 Å². The number of hydrogen-bond acceptors (Lipinski definition) is 3. The first-order chi connectivity index (χ1) is 8.56. The molecule has 4 heteroatoms. The molecule has 0 saturated carbocycles. The van der Waals surface area contributed by atoms with Crippen molar-refractivity contribution in [3.05, 3.63) is 53.0 Å². The van der Waals surface area contributed by atoms with Crippen LogP contribution in [0.15, 0.2) is 28.7 Å². The minimum Gasteiger partial charge on any atom is -0.444 e. The van der Waals surface area contributed by atoms with Crippen LogP contribution < -0.4 is 5.32 Å². The third-order valence-corrected chi connectivity index (χ3v) is 2.98. The molecule has 2 rings (SSSR count). The molecule has 0 fully saturated rings. The summed E-state index contributed by atoms with van der Waals surface area (Å²) in [5.74, 6) is 1.28. The van der Waals surface area contributed by atoms with Crippen molar-refractivity contribution in [2.75, 3.05) is 0 Å². The van der Waals surface area contributed by atoms with Crippen LogP contribution in [0.3, 0.4) is 0 Å². The zero-order chi connectivity index (χ0) is 13.1. The average Bonchev–Trinajstić information content (AvgIpc) is 2.66. The van der Waals surface area contributed by atoms with E-state index in [2.05, 4.69) is 10.3 Å². The number of benzene rings is 1. The topological polar surface area (TPSA) is 38.1 Å². The number of aryl methyl sites for hydroxylation is 2. The van der Waals surface area contributed by atoms with E-state index in [-0.39, 0.29) is 11.9 Å². The van der Waals surface area contributed by atoms with Crippen molar-refractivity contribution in [2.45, 2.75) is 33.4 Å². The van der Waals surface area contributed by atoms with E-state index < -0.39 is 0 Å². The highest BCUT2D eigenvalue weighted by Gasteiger charge is 2.09. The molecule has 0 radical (unpaired) electrons. The lowest BCUT2D eigenvalue weighted by Crippen LogP contribution is -2.18. The molecule has 2 aromatic rings. The molecule has 1 aromatic carbocycles. The Morgan fingerprint density at radius 3 is 2.78 bits per heavy atom. The maximum Gasteiger partial charge on any atom is 0.208 e. The van der Waals surface area contributed by atoms with Gasteiger partial charge in [0, 0.05) is 6.04 Å². The van der Waals surface area contributed by atoms with E-state index in [1.165, 1.54) is 12.1 Å². The first kappa shape index (κ1) is 12.8. The van der Waals surface area contributed by atoms with Crippen LogP contribution >= 0.6 is 0 Å². The van der Waals surface area contributed by atoms with Gasteiger partial charge in [-0.3, -0.25) is 0 Å². The van der Waals surface area contributed by atoms with Gasteiger partial charge in [0.25, 0.3) is 0 Å². The zero-order valence-corrected chi connectivity index (χ0v) is 10.8. The molecule has 96 valence electrons. The molecule has 1 atom stereocenters. The molecule has 1 heterocycles. The van der Waals surface area contributed by atoms with Gasteiger partial charge in [-0.25, -0.2) is 9.37 Å². The quantitative estimate of drug-likeness (QED) is 0.902. The van der Waals surface area contributed by atoms with Crippen LogP contribution in [0.4, 0.5) is 4.39 Å². The Balaban J connectivity index is 1.98. The molecule has 3 nitrogen and oxygen atoms in total. The standard InChI is InChI=1S/C14H17FN2O/c1-9-11(3)18-14(17-9)8-16-10(2)12-5-4-6-13(15)7-12/h4-7,10,16H,8H2,1-3H3. The Labute approximate surface area is 106 Å². The molecule has 0 aliphatic rings. The Morgan fingerprint density at radius 1 is 1.39 bits per heavy atom. The van der Waals surface area contributed by atoms with Gasteiger partial charge in [-0.15, -0.1) is 0 Å². The number of nitrogens with zero attached hydrogens (tertiary/aromatic N) is 1. The van der Waals surface area contributed by atoms with E-state index in [1.807, 2.05) is 26.8 Å². The van der Waals surface area contributed by atoms with Crippen molar-refractivity contribution >= 4 is 0 Å². The molecule has 1 N–H and O–H groups in total. The number of halogens is 1.